The van der Waals surface area contributed by atoms with E-state index in [1.54, 1.807) is 41.3 Å². The molecule has 2 aromatic heterocycles. The third kappa shape index (κ3) is 3.15. The largest absolute Gasteiger partial charge is 0.463 e. The summed E-state index contributed by atoms with van der Waals surface area (Å²) in [7, 11) is 0. The fourth-order valence-corrected chi connectivity index (χ4v) is 4.24. The molecule has 0 fully saturated rings. The molecule has 0 amide bonds. The molecule has 8 heteroatoms. The molecule has 5 rings (SSSR count). The summed E-state index contributed by atoms with van der Waals surface area (Å²) in [4.78, 5) is 0. The Bertz CT molecular complexity index is 1350. The van der Waals surface area contributed by atoms with Gasteiger partial charge >= 0.3 is 0 Å². The van der Waals surface area contributed by atoms with Crippen molar-refractivity contribution in [3.05, 3.63) is 99.6 Å². The van der Waals surface area contributed by atoms with Crippen LogP contribution in [0.3, 0.4) is 0 Å². The number of hydrogen-bond donors (Lipinski definition) is 1. The Balaban J connectivity index is 1.84. The molecule has 1 aliphatic rings. The number of para-hydroxylation sites is 1. The number of nitriles is 1. The highest BCUT2D eigenvalue weighted by atomic mass is 35.5. The van der Waals surface area contributed by atoms with Gasteiger partial charge < -0.3 is 14.9 Å². The van der Waals surface area contributed by atoms with Crippen LogP contribution in [0, 0.1) is 11.3 Å². The van der Waals surface area contributed by atoms with Gasteiger partial charge in [-0.25, -0.2) is 0 Å². The van der Waals surface area contributed by atoms with E-state index in [4.69, 9.17) is 43.2 Å². The van der Waals surface area contributed by atoms with Crippen molar-refractivity contribution >= 4 is 23.2 Å². The smallest absolute Gasteiger partial charge is 0.229 e. The van der Waals surface area contributed by atoms with Crippen molar-refractivity contribution in [3.63, 3.8) is 0 Å². The number of allylic oxidation sites excluding steroid dienone is 1. The number of ether oxygens (including phenoxy) is 1. The normalized spacial score (nSPS) is 15.3. The molecule has 4 aromatic rings. The second-order valence-electron chi connectivity index (χ2n) is 6.88. The highest BCUT2D eigenvalue weighted by molar-refractivity contribution is 6.35. The summed E-state index contributed by atoms with van der Waals surface area (Å²) >= 11 is 12.7. The molecule has 31 heavy (non-hydrogen) atoms. The molecular weight excluding hydrogens is 435 g/mol. The maximum Gasteiger partial charge on any atom is 0.229 e. The predicted octanol–water partition coefficient (Wildman–Crippen LogP) is 5.66. The highest BCUT2D eigenvalue weighted by Gasteiger charge is 2.39. The first-order chi connectivity index (χ1) is 15.1. The van der Waals surface area contributed by atoms with Crippen molar-refractivity contribution in [3.8, 4) is 29.1 Å². The summed E-state index contributed by atoms with van der Waals surface area (Å²) in [6.45, 7) is 0. The number of benzene rings is 2. The van der Waals surface area contributed by atoms with E-state index in [1.807, 2.05) is 30.3 Å². The van der Waals surface area contributed by atoms with Crippen LogP contribution in [0.2, 0.25) is 10.0 Å². The van der Waals surface area contributed by atoms with E-state index in [1.165, 1.54) is 0 Å². The van der Waals surface area contributed by atoms with E-state index in [0.717, 1.165) is 5.69 Å². The zero-order valence-electron chi connectivity index (χ0n) is 15.9. The third-order valence-corrected chi connectivity index (χ3v) is 5.64. The minimum Gasteiger partial charge on any atom is -0.463 e. The minimum absolute atomic E-state index is 0.00547. The molecule has 0 aliphatic carbocycles. The number of halogens is 2. The van der Waals surface area contributed by atoms with Crippen LogP contribution < -0.4 is 10.5 Å². The monoisotopic (exact) mass is 448 g/mol. The molecule has 0 radical (unpaired) electrons. The van der Waals surface area contributed by atoms with Crippen molar-refractivity contribution in [2.24, 2.45) is 5.73 Å². The summed E-state index contributed by atoms with van der Waals surface area (Å²) in [5, 5.41) is 15.6. The van der Waals surface area contributed by atoms with Gasteiger partial charge in [-0.1, -0.05) is 47.5 Å². The second-order valence-corrected chi connectivity index (χ2v) is 7.73. The second kappa shape index (κ2) is 7.55. The molecule has 1 aliphatic heterocycles. The van der Waals surface area contributed by atoms with Gasteiger partial charge in [0.05, 0.1) is 23.4 Å². The maximum absolute atomic E-state index is 9.92. The molecule has 0 bridgehead atoms. The van der Waals surface area contributed by atoms with Gasteiger partial charge in [0.1, 0.15) is 17.3 Å². The Kier molecular flexibility index (Phi) is 4.70. The fourth-order valence-electron chi connectivity index (χ4n) is 3.72. The average molecular weight is 449 g/mol. The van der Waals surface area contributed by atoms with Gasteiger partial charge in [-0.2, -0.15) is 15.0 Å². The third-order valence-electron chi connectivity index (χ3n) is 5.08. The predicted molar refractivity (Wildman–Crippen MR) is 117 cm³/mol. The lowest BCUT2D eigenvalue weighted by molar-refractivity contribution is 0.367. The SMILES string of the molecule is N#CC1=C(N)Oc2c(c(-c3ccco3)nn2-c2ccccc2)C1c1ccc(Cl)cc1Cl. The van der Waals surface area contributed by atoms with Gasteiger partial charge in [0.25, 0.3) is 0 Å². The number of nitrogens with two attached hydrogens (primary N) is 1. The van der Waals surface area contributed by atoms with Gasteiger partial charge in [-0.15, -0.1) is 0 Å². The van der Waals surface area contributed by atoms with Gasteiger partial charge in [-0.05, 0) is 42.0 Å². The summed E-state index contributed by atoms with van der Waals surface area (Å²) in [5.74, 6) is 0.303. The van der Waals surface area contributed by atoms with Crippen LogP contribution in [0.25, 0.3) is 17.1 Å². The van der Waals surface area contributed by atoms with Gasteiger partial charge in [0, 0.05) is 10.0 Å². The lowest BCUT2D eigenvalue weighted by Crippen LogP contribution is -2.22. The Labute approximate surface area is 187 Å². The van der Waals surface area contributed by atoms with E-state index >= 15 is 0 Å². The van der Waals surface area contributed by atoms with E-state index in [-0.39, 0.29) is 11.5 Å². The Morgan fingerprint density at radius 2 is 1.87 bits per heavy atom. The fraction of sp³-hybridized carbons (Fsp3) is 0.0435. The molecule has 3 heterocycles. The molecule has 1 atom stereocenters. The molecule has 6 nitrogen and oxygen atoms in total. The maximum atomic E-state index is 9.92. The first-order valence-electron chi connectivity index (χ1n) is 9.33. The average Bonchev–Trinajstić information content (AvgIpc) is 3.42. The quantitative estimate of drug-likeness (QED) is 0.436. The molecule has 2 N–H and O–H groups in total. The van der Waals surface area contributed by atoms with Crippen LogP contribution in [0.15, 0.2) is 82.8 Å². The summed E-state index contributed by atoms with van der Waals surface area (Å²) in [6, 6.07) is 20.4. The Morgan fingerprint density at radius 1 is 1.06 bits per heavy atom. The van der Waals surface area contributed by atoms with Gasteiger partial charge in [0.2, 0.25) is 11.8 Å². The molecule has 0 spiro atoms. The Hall–Kier alpha value is -3.66. The van der Waals surface area contributed by atoms with Crippen molar-refractivity contribution < 1.29 is 9.15 Å². The van der Waals surface area contributed by atoms with Crippen molar-refractivity contribution in [2.75, 3.05) is 0 Å². The number of rotatable bonds is 3. The van der Waals surface area contributed by atoms with Gasteiger partial charge in [-0.3, -0.25) is 0 Å². The minimum atomic E-state index is -0.615. The Morgan fingerprint density at radius 3 is 2.55 bits per heavy atom. The van der Waals surface area contributed by atoms with Crippen molar-refractivity contribution in [2.45, 2.75) is 5.92 Å². The zero-order chi connectivity index (χ0) is 21.5. The van der Waals surface area contributed by atoms with Crippen LogP contribution in [0.1, 0.15) is 17.0 Å². The van der Waals surface area contributed by atoms with E-state index < -0.39 is 5.92 Å². The van der Waals surface area contributed by atoms with Gasteiger partial charge in [0.15, 0.2) is 5.76 Å². The number of nitrogens with zero attached hydrogens (tertiary/aromatic N) is 3. The lowest BCUT2D eigenvalue weighted by atomic mass is 9.83. The molecule has 152 valence electrons. The van der Waals surface area contributed by atoms with Crippen LogP contribution in [-0.2, 0) is 0 Å². The molecule has 0 saturated heterocycles. The summed E-state index contributed by atoms with van der Waals surface area (Å²) in [6.07, 6.45) is 1.56. The van der Waals surface area contributed by atoms with Crippen LogP contribution >= 0.6 is 23.2 Å². The lowest BCUT2D eigenvalue weighted by Gasteiger charge is -2.25. The number of hydrogen-bond acceptors (Lipinski definition) is 5. The molecule has 0 saturated carbocycles. The first kappa shape index (κ1) is 19.3. The van der Waals surface area contributed by atoms with Crippen molar-refractivity contribution in [1.29, 1.82) is 5.26 Å². The summed E-state index contributed by atoms with van der Waals surface area (Å²) < 4.78 is 13.2. The highest BCUT2D eigenvalue weighted by Crippen LogP contribution is 2.49. The summed E-state index contributed by atoms with van der Waals surface area (Å²) in [5.41, 5.74) is 9.01. The first-order valence-corrected chi connectivity index (χ1v) is 10.1. The molecule has 2 aromatic carbocycles. The van der Waals surface area contributed by atoms with Crippen LogP contribution in [0.4, 0.5) is 0 Å². The van der Waals surface area contributed by atoms with E-state index in [2.05, 4.69) is 6.07 Å². The number of aromatic nitrogens is 2. The van der Waals surface area contributed by atoms with Crippen LogP contribution in [0.5, 0.6) is 5.88 Å². The van der Waals surface area contributed by atoms with Crippen LogP contribution in [-0.4, -0.2) is 9.78 Å². The van der Waals surface area contributed by atoms with E-state index in [0.29, 0.717) is 38.5 Å². The zero-order valence-corrected chi connectivity index (χ0v) is 17.4. The molecule has 1 unspecified atom stereocenters. The van der Waals surface area contributed by atoms with Crippen molar-refractivity contribution in [1.82, 2.24) is 9.78 Å². The van der Waals surface area contributed by atoms with E-state index in [9.17, 15) is 5.26 Å². The topological polar surface area (TPSA) is 90.0 Å². The molecular formula is C23H14Cl2N4O2. The number of furan rings is 1. The number of fused-ring (bicyclic) bond motifs is 1. The standard InChI is InChI=1S/C23H14Cl2N4O2/c24-13-8-9-15(17(25)11-13)19-16(12-26)22(27)31-23-20(19)21(18-7-4-10-30-18)28-29(23)14-5-2-1-3-6-14/h1-11,19H,27H2.